The highest BCUT2D eigenvalue weighted by Crippen LogP contribution is 2.40. The Hall–Kier alpha value is -1.78. The molecule has 3 heterocycles. The molecule has 1 aliphatic carbocycles. The summed E-state index contributed by atoms with van der Waals surface area (Å²) in [5.41, 5.74) is 0.0544. The number of nitrogens with one attached hydrogen (secondary N) is 1. The van der Waals surface area contributed by atoms with Crippen molar-refractivity contribution in [2.75, 3.05) is 29.6 Å². The number of piperidine rings is 1. The number of sulfonamides is 1. The molecule has 0 spiro atoms. The molecule has 0 aromatic carbocycles. The van der Waals surface area contributed by atoms with E-state index in [1.165, 1.54) is 10.6 Å². The maximum absolute atomic E-state index is 12.9. The maximum atomic E-state index is 12.9. The normalized spacial score (nSPS) is 28.6. The molecule has 3 aliphatic rings. The van der Waals surface area contributed by atoms with E-state index in [1.807, 2.05) is 6.92 Å². The van der Waals surface area contributed by atoms with Crippen LogP contribution in [0, 0.1) is 0 Å². The summed E-state index contributed by atoms with van der Waals surface area (Å²) in [6.07, 6.45) is 8.33. The third-order valence-electron chi connectivity index (χ3n) is 6.83. The summed E-state index contributed by atoms with van der Waals surface area (Å²) in [6, 6.07) is -0.178. The van der Waals surface area contributed by atoms with Crippen LogP contribution >= 0.6 is 0 Å². The molecular formula is C20H31N5O4S. The quantitative estimate of drug-likeness (QED) is 0.713. The Bertz CT molecular complexity index is 916. The Morgan fingerprint density at radius 2 is 2.00 bits per heavy atom. The number of anilines is 2. The van der Waals surface area contributed by atoms with Crippen LogP contribution in [-0.4, -0.2) is 70.7 Å². The third kappa shape index (κ3) is 4.04. The highest BCUT2D eigenvalue weighted by atomic mass is 32.2. The minimum atomic E-state index is -3.16. The van der Waals surface area contributed by atoms with Crippen molar-refractivity contribution in [3.8, 4) is 0 Å². The molecule has 4 rings (SSSR count). The van der Waals surface area contributed by atoms with Gasteiger partial charge >= 0.3 is 0 Å². The van der Waals surface area contributed by atoms with Gasteiger partial charge in [0.1, 0.15) is 5.82 Å². The first-order chi connectivity index (χ1) is 14.2. The van der Waals surface area contributed by atoms with E-state index in [0.717, 1.165) is 18.4 Å². The Kier molecular flexibility index (Phi) is 5.75. The summed E-state index contributed by atoms with van der Waals surface area (Å²) >= 11 is 0. The van der Waals surface area contributed by atoms with Crippen LogP contribution in [0.5, 0.6) is 0 Å². The molecule has 9 nitrogen and oxygen atoms in total. The summed E-state index contributed by atoms with van der Waals surface area (Å²) in [5.74, 6) is 1.06. The molecule has 1 saturated carbocycles. The largest absolute Gasteiger partial charge is 0.388 e. The molecular weight excluding hydrogens is 406 g/mol. The topological polar surface area (TPSA) is 116 Å². The van der Waals surface area contributed by atoms with Crippen molar-refractivity contribution in [2.45, 2.75) is 76.0 Å². The molecule has 2 aliphatic heterocycles. The average Bonchev–Trinajstić information content (AvgIpc) is 3.09. The Balaban J connectivity index is 1.54. The zero-order valence-electron chi connectivity index (χ0n) is 17.7. The molecule has 10 heteroatoms. The third-order valence-corrected chi connectivity index (χ3v) is 8.14. The smallest absolute Gasteiger partial charge is 0.228 e. The van der Waals surface area contributed by atoms with Gasteiger partial charge in [0.25, 0.3) is 0 Å². The number of carbonyl (C=O) groups excluding carboxylic acids is 1. The molecule has 2 atom stereocenters. The number of hydrogen-bond donors (Lipinski definition) is 2. The zero-order chi connectivity index (χ0) is 21.5. The van der Waals surface area contributed by atoms with Crippen molar-refractivity contribution in [2.24, 2.45) is 0 Å². The number of carbonyl (C=O) groups is 1. The number of aliphatic hydroxyl groups is 1. The second-order valence-electron chi connectivity index (χ2n) is 8.75. The van der Waals surface area contributed by atoms with Gasteiger partial charge in [-0.3, -0.25) is 9.69 Å². The van der Waals surface area contributed by atoms with E-state index < -0.39 is 15.6 Å². The minimum Gasteiger partial charge on any atom is -0.388 e. The van der Waals surface area contributed by atoms with E-state index in [9.17, 15) is 18.3 Å². The van der Waals surface area contributed by atoms with E-state index in [4.69, 9.17) is 4.98 Å². The zero-order valence-corrected chi connectivity index (χ0v) is 18.5. The van der Waals surface area contributed by atoms with Gasteiger partial charge in [0, 0.05) is 37.3 Å². The monoisotopic (exact) mass is 437 g/mol. The van der Waals surface area contributed by atoms with E-state index in [-0.39, 0.29) is 18.0 Å². The highest BCUT2D eigenvalue weighted by Gasteiger charge is 2.47. The van der Waals surface area contributed by atoms with Crippen LogP contribution < -0.4 is 10.2 Å². The lowest BCUT2D eigenvalue weighted by Crippen LogP contribution is -2.53. The van der Waals surface area contributed by atoms with Gasteiger partial charge in [0.15, 0.2) is 0 Å². The fourth-order valence-electron chi connectivity index (χ4n) is 4.99. The molecule has 1 aromatic rings. The number of aromatic nitrogens is 2. The van der Waals surface area contributed by atoms with Gasteiger partial charge in [-0.1, -0.05) is 6.92 Å². The summed E-state index contributed by atoms with van der Waals surface area (Å²) < 4.78 is 24.9. The predicted molar refractivity (Wildman–Crippen MR) is 114 cm³/mol. The molecule has 0 unspecified atom stereocenters. The van der Waals surface area contributed by atoms with Crippen LogP contribution in [0.3, 0.4) is 0 Å². The fourth-order valence-corrected chi connectivity index (χ4v) is 5.86. The lowest BCUT2D eigenvalue weighted by atomic mass is 9.91. The van der Waals surface area contributed by atoms with Crippen LogP contribution in [0.4, 0.5) is 11.8 Å². The standard InChI is InChI=1S/C20H31N5O4S/c1-3-20(27)10-4-5-16(20)25-17(26)7-6-14-13-21-19(23-18(14)25)22-15-8-11-24(12-9-15)30(2,28)29/h13,15-16,27H,3-12H2,1-2H3,(H,21,22,23)/t16-,20-/m0/s1. The predicted octanol–water partition coefficient (Wildman–Crippen LogP) is 1.29. The van der Waals surface area contributed by atoms with Gasteiger partial charge < -0.3 is 10.4 Å². The van der Waals surface area contributed by atoms with Gasteiger partial charge in [0.05, 0.1) is 17.9 Å². The van der Waals surface area contributed by atoms with Gasteiger partial charge in [-0.2, -0.15) is 4.98 Å². The Morgan fingerprint density at radius 3 is 2.67 bits per heavy atom. The molecule has 2 fully saturated rings. The number of rotatable bonds is 5. The SMILES string of the molecule is CC[C@]1(O)CCC[C@@H]1N1C(=O)CCc2cnc(NC3CCN(S(C)(=O)=O)CC3)nc21. The number of hydrogen-bond acceptors (Lipinski definition) is 7. The molecule has 1 aromatic heterocycles. The minimum absolute atomic E-state index is 0.00684. The lowest BCUT2D eigenvalue weighted by Gasteiger charge is -2.40. The van der Waals surface area contributed by atoms with Crippen molar-refractivity contribution in [1.82, 2.24) is 14.3 Å². The Labute approximate surface area is 177 Å². The summed E-state index contributed by atoms with van der Waals surface area (Å²) in [7, 11) is -3.16. The molecule has 30 heavy (non-hydrogen) atoms. The van der Waals surface area contributed by atoms with Gasteiger partial charge in [-0.25, -0.2) is 17.7 Å². The second-order valence-corrected chi connectivity index (χ2v) is 10.7. The van der Waals surface area contributed by atoms with Gasteiger partial charge in [0.2, 0.25) is 21.9 Å². The summed E-state index contributed by atoms with van der Waals surface area (Å²) in [6.45, 7) is 2.90. The number of amides is 1. The van der Waals surface area contributed by atoms with Crippen molar-refractivity contribution < 1.29 is 18.3 Å². The fraction of sp³-hybridized carbons (Fsp3) is 0.750. The van der Waals surface area contributed by atoms with Gasteiger partial charge in [-0.05, 0) is 44.9 Å². The molecule has 0 radical (unpaired) electrons. The van der Waals surface area contributed by atoms with Crippen molar-refractivity contribution in [3.63, 3.8) is 0 Å². The van der Waals surface area contributed by atoms with E-state index in [0.29, 0.717) is 63.4 Å². The van der Waals surface area contributed by atoms with Crippen molar-refractivity contribution in [1.29, 1.82) is 0 Å². The van der Waals surface area contributed by atoms with E-state index in [1.54, 1.807) is 11.1 Å². The van der Waals surface area contributed by atoms with Crippen molar-refractivity contribution in [3.05, 3.63) is 11.8 Å². The highest BCUT2D eigenvalue weighted by molar-refractivity contribution is 7.88. The van der Waals surface area contributed by atoms with Gasteiger partial charge in [-0.15, -0.1) is 0 Å². The first kappa shape index (κ1) is 21.5. The first-order valence-corrected chi connectivity index (χ1v) is 12.7. The summed E-state index contributed by atoms with van der Waals surface area (Å²) in [5, 5.41) is 14.4. The second kappa shape index (κ2) is 8.05. The first-order valence-electron chi connectivity index (χ1n) is 10.8. The van der Waals surface area contributed by atoms with Crippen LogP contribution in [-0.2, 0) is 21.2 Å². The lowest BCUT2D eigenvalue weighted by molar-refractivity contribution is -0.120. The van der Waals surface area contributed by atoms with Crippen LogP contribution in [0.25, 0.3) is 0 Å². The van der Waals surface area contributed by atoms with E-state index >= 15 is 0 Å². The molecule has 1 saturated heterocycles. The van der Waals surface area contributed by atoms with Crippen LogP contribution in [0.2, 0.25) is 0 Å². The molecule has 166 valence electrons. The number of aryl methyl sites for hydroxylation is 1. The van der Waals surface area contributed by atoms with Crippen molar-refractivity contribution >= 4 is 27.7 Å². The van der Waals surface area contributed by atoms with Crippen LogP contribution in [0.15, 0.2) is 6.20 Å². The number of fused-ring (bicyclic) bond motifs is 1. The van der Waals surface area contributed by atoms with E-state index in [2.05, 4.69) is 10.3 Å². The molecule has 0 bridgehead atoms. The van der Waals surface area contributed by atoms with Crippen LogP contribution in [0.1, 0.15) is 57.4 Å². The number of nitrogens with zero attached hydrogens (tertiary/aromatic N) is 4. The molecule has 1 amide bonds. The maximum Gasteiger partial charge on any atom is 0.228 e. The Morgan fingerprint density at radius 1 is 1.27 bits per heavy atom. The molecule has 2 N–H and O–H groups in total. The summed E-state index contributed by atoms with van der Waals surface area (Å²) in [4.78, 5) is 23.7. The average molecular weight is 438 g/mol.